The van der Waals surface area contributed by atoms with Crippen LogP contribution in [0.3, 0.4) is 0 Å². The van der Waals surface area contributed by atoms with Crippen LogP contribution in [0.5, 0.6) is 0 Å². The van der Waals surface area contributed by atoms with Crippen molar-refractivity contribution >= 4 is 11.8 Å². The molecule has 5 heteroatoms. The molecular weight excluding hydrogens is 292 g/mol. The summed E-state index contributed by atoms with van der Waals surface area (Å²) >= 11 is 0. The zero-order valence-electron chi connectivity index (χ0n) is 15.1. The van der Waals surface area contributed by atoms with Crippen molar-refractivity contribution < 1.29 is 14.3 Å². The fourth-order valence-corrected chi connectivity index (χ4v) is 4.14. The molecule has 2 rings (SSSR count). The van der Waals surface area contributed by atoms with E-state index in [9.17, 15) is 9.59 Å². The largest absolute Gasteiger partial charge is 0.362 e. The summed E-state index contributed by atoms with van der Waals surface area (Å²) in [7, 11) is 0. The van der Waals surface area contributed by atoms with Crippen molar-refractivity contribution in [1.82, 2.24) is 9.80 Å². The van der Waals surface area contributed by atoms with Crippen LogP contribution >= 0.6 is 0 Å². The number of hydrogen-bond acceptors (Lipinski definition) is 3. The highest BCUT2D eigenvalue weighted by atomic mass is 16.5. The molecule has 0 aliphatic carbocycles. The molecule has 2 aliphatic rings. The molecule has 0 aromatic heterocycles. The summed E-state index contributed by atoms with van der Waals surface area (Å²) in [6.07, 6.45) is 2.35. The standard InChI is InChI=1S/C18H32N2O3/c1-13-5-14(2)8-19(7-13)17(21)11-23-12-18(22)20-9-15(3)6-16(4)10-20/h13-16H,5-12H2,1-4H3/t13-,14+,15-,16+. The first kappa shape index (κ1) is 18.2. The minimum absolute atomic E-state index is 0.0107. The highest BCUT2D eigenvalue weighted by Gasteiger charge is 2.27. The van der Waals surface area contributed by atoms with Crippen LogP contribution in [0.1, 0.15) is 40.5 Å². The normalized spacial score (nSPS) is 32.0. The number of piperidine rings is 2. The molecule has 0 spiro atoms. The second-order valence-corrected chi connectivity index (χ2v) is 7.98. The number of likely N-dealkylation sites (tertiary alicyclic amines) is 2. The van der Waals surface area contributed by atoms with E-state index >= 15 is 0 Å². The summed E-state index contributed by atoms with van der Waals surface area (Å²) in [5.74, 6) is 2.19. The van der Waals surface area contributed by atoms with E-state index in [-0.39, 0.29) is 25.0 Å². The first-order valence-corrected chi connectivity index (χ1v) is 8.98. The molecule has 23 heavy (non-hydrogen) atoms. The van der Waals surface area contributed by atoms with Gasteiger partial charge in [0.15, 0.2) is 0 Å². The van der Waals surface area contributed by atoms with Gasteiger partial charge in [-0.05, 0) is 36.5 Å². The average Bonchev–Trinajstić information content (AvgIpc) is 2.44. The van der Waals surface area contributed by atoms with E-state index in [0.29, 0.717) is 23.7 Å². The van der Waals surface area contributed by atoms with E-state index in [1.54, 1.807) is 0 Å². The maximum absolute atomic E-state index is 12.2. The van der Waals surface area contributed by atoms with Crippen LogP contribution in [0.25, 0.3) is 0 Å². The number of amides is 2. The predicted octanol–water partition coefficient (Wildman–Crippen LogP) is 2.01. The van der Waals surface area contributed by atoms with Crippen molar-refractivity contribution in [2.75, 3.05) is 39.4 Å². The Kier molecular flexibility index (Phi) is 6.45. The third-order valence-electron chi connectivity index (χ3n) is 4.89. The molecule has 2 heterocycles. The molecule has 2 fully saturated rings. The molecule has 0 aromatic carbocycles. The quantitative estimate of drug-likeness (QED) is 0.795. The lowest BCUT2D eigenvalue weighted by molar-refractivity contribution is -0.144. The molecule has 5 nitrogen and oxygen atoms in total. The average molecular weight is 324 g/mol. The van der Waals surface area contributed by atoms with Crippen molar-refractivity contribution in [3.8, 4) is 0 Å². The van der Waals surface area contributed by atoms with Gasteiger partial charge in [-0.1, -0.05) is 27.7 Å². The summed E-state index contributed by atoms with van der Waals surface area (Å²) in [4.78, 5) is 28.2. The summed E-state index contributed by atoms with van der Waals surface area (Å²) in [5, 5.41) is 0. The fraction of sp³-hybridized carbons (Fsp3) is 0.889. The molecule has 0 N–H and O–H groups in total. The maximum Gasteiger partial charge on any atom is 0.248 e. The SMILES string of the molecule is C[C@@H]1C[C@H](C)CN(C(=O)COCC(=O)N2C[C@H](C)C[C@H](C)C2)C1. The zero-order chi connectivity index (χ0) is 17.0. The Hall–Kier alpha value is -1.10. The van der Waals surface area contributed by atoms with Gasteiger partial charge in [-0.15, -0.1) is 0 Å². The Bertz CT molecular complexity index is 368. The number of ether oxygens (including phenoxy) is 1. The van der Waals surface area contributed by atoms with E-state index in [2.05, 4.69) is 27.7 Å². The summed E-state index contributed by atoms with van der Waals surface area (Å²) in [5.41, 5.74) is 0. The Labute approximate surface area is 140 Å². The van der Waals surface area contributed by atoms with E-state index < -0.39 is 0 Å². The van der Waals surface area contributed by atoms with Gasteiger partial charge < -0.3 is 14.5 Å². The van der Waals surface area contributed by atoms with Gasteiger partial charge >= 0.3 is 0 Å². The molecule has 0 aromatic rings. The van der Waals surface area contributed by atoms with Gasteiger partial charge in [0.25, 0.3) is 0 Å². The summed E-state index contributed by atoms with van der Waals surface area (Å²) < 4.78 is 5.42. The Morgan fingerprint density at radius 1 is 0.739 bits per heavy atom. The van der Waals surface area contributed by atoms with Crippen LogP contribution < -0.4 is 0 Å². The van der Waals surface area contributed by atoms with Crippen LogP contribution in [0.15, 0.2) is 0 Å². The minimum Gasteiger partial charge on any atom is -0.362 e. The Morgan fingerprint density at radius 3 is 1.35 bits per heavy atom. The number of carbonyl (C=O) groups is 2. The lowest BCUT2D eigenvalue weighted by atomic mass is 9.92. The van der Waals surface area contributed by atoms with E-state index in [4.69, 9.17) is 4.74 Å². The monoisotopic (exact) mass is 324 g/mol. The van der Waals surface area contributed by atoms with E-state index in [0.717, 1.165) is 26.2 Å². The number of hydrogen-bond donors (Lipinski definition) is 0. The molecule has 2 amide bonds. The van der Waals surface area contributed by atoms with Gasteiger partial charge in [-0.3, -0.25) is 9.59 Å². The van der Waals surface area contributed by atoms with Gasteiger partial charge in [0.05, 0.1) is 0 Å². The summed E-state index contributed by atoms with van der Waals surface area (Å²) in [6, 6.07) is 0. The molecule has 0 bridgehead atoms. The minimum atomic E-state index is 0.0107. The highest BCUT2D eigenvalue weighted by molar-refractivity contribution is 5.80. The second-order valence-electron chi connectivity index (χ2n) is 7.98. The molecule has 0 saturated carbocycles. The smallest absolute Gasteiger partial charge is 0.248 e. The maximum atomic E-state index is 12.2. The van der Waals surface area contributed by atoms with Crippen molar-refractivity contribution in [2.45, 2.75) is 40.5 Å². The van der Waals surface area contributed by atoms with Crippen molar-refractivity contribution in [1.29, 1.82) is 0 Å². The molecule has 0 radical (unpaired) electrons. The van der Waals surface area contributed by atoms with E-state index in [1.165, 1.54) is 12.8 Å². The van der Waals surface area contributed by atoms with Gasteiger partial charge in [0, 0.05) is 26.2 Å². The van der Waals surface area contributed by atoms with Crippen molar-refractivity contribution in [3.63, 3.8) is 0 Å². The van der Waals surface area contributed by atoms with Crippen molar-refractivity contribution in [2.24, 2.45) is 23.7 Å². The topological polar surface area (TPSA) is 49.9 Å². The zero-order valence-corrected chi connectivity index (χ0v) is 15.1. The van der Waals surface area contributed by atoms with Crippen LogP contribution in [0.4, 0.5) is 0 Å². The lowest BCUT2D eigenvalue weighted by Crippen LogP contribution is -2.46. The third-order valence-corrected chi connectivity index (χ3v) is 4.89. The molecule has 132 valence electrons. The number of carbonyl (C=O) groups excluding carboxylic acids is 2. The van der Waals surface area contributed by atoms with Gasteiger partial charge in [0.2, 0.25) is 11.8 Å². The van der Waals surface area contributed by atoms with Crippen LogP contribution in [0.2, 0.25) is 0 Å². The second kappa shape index (κ2) is 8.13. The molecule has 4 atom stereocenters. The molecule has 2 aliphatic heterocycles. The van der Waals surface area contributed by atoms with Crippen molar-refractivity contribution in [3.05, 3.63) is 0 Å². The van der Waals surface area contributed by atoms with Crippen LogP contribution in [-0.2, 0) is 14.3 Å². The Morgan fingerprint density at radius 2 is 1.04 bits per heavy atom. The predicted molar refractivity (Wildman–Crippen MR) is 89.9 cm³/mol. The van der Waals surface area contributed by atoms with Gasteiger partial charge in [-0.25, -0.2) is 0 Å². The Balaban J connectivity index is 1.71. The number of nitrogens with zero attached hydrogens (tertiary/aromatic N) is 2. The highest BCUT2D eigenvalue weighted by Crippen LogP contribution is 2.22. The first-order chi connectivity index (χ1) is 10.8. The lowest BCUT2D eigenvalue weighted by Gasteiger charge is -2.35. The van der Waals surface area contributed by atoms with Gasteiger partial charge in [-0.2, -0.15) is 0 Å². The molecule has 0 unspecified atom stereocenters. The summed E-state index contributed by atoms with van der Waals surface area (Å²) in [6.45, 7) is 12.0. The number of rotatable bonds is 4. The fourth-order valence-electron chi connectivity index (χ4n) is 4.14. The first-order valence-electron chi connectivity index (χ1n) is 8.98. The van der Waals surface area contributed by atoms with Crippen LogP contribution in [0, 0.1) is 23.7 Å². The van der Waals surface area contributed by atoms with Crippen LogP contribution in [-0.4, -0.2) is 61.0 Å². The van der Waals surface area contributed by atoms with Gasteiger partial charge in [0.1, 0.15) is 13.2 Å². The van der Waals surface area contributed by atoms with E-state index in [1.807, 2.05) is 9.80 Å². The molecular formula is C18H32N2O3. The third kappa shape index (κ3) is 5.48. The molecule has 2 saturated heterocycles.